The third kappa shape index (κ3) is 3.14. The molecule has 1 aromatic carbocycles. The first-order valence-electron chi connectivity index (χ1n) is 6.69. The normalized spacial score (nSPS) is 14.5. The summed E-state index contributed by atoms with van der Waals surface area (Å²) in [6, 6.07) is 5.11. The van der Waals surface area contributed by atoms with Gasteiger partial charge in [-0.1, -0.05) is 5.21 Å². The summed E-state index contributed by atoms with van der Waals surface area (Å²) >= 11 is 0. The van der Waals surface area contributed by atoms with Gasteiger partial charge in [0.15, 0.2) is 0 Å². The Morgan fingerprint density at radius 3 is 3.05 bits per heavy atom. The summed E-state index contributed by atoms with van der Waals surface area (Å²) in [6.45, 7) is 1.17. The lowest BCUT2D eigenvalue weighted by Gasteiger charge is -2.08. The quantitative estimate of drug-likeness (QED) is 0.873. The second-order valence-corrected chi connectivity index (χ2v) is 5.02. The van der Waals surface area contributed by atoms with Crippen molar-refractivity contribution in [2.45, 2.75) is 32.0 Å². The summed E-state index contributed by atoms with van der Waals surface area (Å²) in [6.07, 6.45) is 4.36. The maximum Gasteiger partial charge on any atom is 0.124 e. The molecule has 1 aliphatic rings. The molecule has 1 heterocycles. The van der Waals surface area contributed by atoms with Crippen molar-refractivity contribution in [2.24, 2.45) is 0 Å². The summed E-state index contributed by atoms with van der Waals surface area (Å²) in [5.41, 5.74) is 1.64. The van der Waals surface area contributed by atoms with E-state index >= 15 is 0 Å². The Labute approximate surface area is 116 Å². The van der Waals surface area contributed by atoms with Crippen LogP contribution in [0.15, 0.2) is 24.4 Å². The maximum absolute atomic E-state index is 13.3. The Balaban J connectivity index is 1.68. The van der Waals surface area contributed by atoms with Gasteiger partial charge in [0.25, 0.3) is 0 Å². The van der Waals surface area contributed by atoms with Crippen LogP contribution in [0.2, 0.25) is 0 Å². The Bertz CT molecular complexity index is 595. The lowest BCUT2D eigenvalue weighted by Crippen LogP contribution is -2.15. The monoisotopic (exact) mass is 276 g/mol. The zero-order valence-corrected chi connectivity index (χ0v) is 11.3. The molecule has 0 saturated heterocycles. The molecular weight excluding hydrogens is 259 g/mol. The van der Waals surface area contributed by atoms with Gasteiger partial charge in [0.1, 0.15) is 11.6 Å². The fourth-order valence-corrected chi connectivity index (χ4v) is 2.08. The number of hydrogen-bond donors (Lipinski definition) is 1. The molecule has 2 aromatic rings. The summed E-state index contributed by atoms with van der Waals surface area (Å²) in [4.78, 5) is 0. The van der Waals surface area contributed by atoms with E-state index < -0.39 is 0 Å². The van der Waals surface area contributed by atoms with E-state index in [-0.39, 0.29) is 5.82 Å². The first-order valence-corrected chi connectivity index (χ1v) is 6.69. The number of halogens is 1. The fraction of sp³-hybridized carbons (Fsp3) is 0.429. The lowest BCUT2D eigenvalue weighted by atomic mass is 10.2. The van der Waals surface area contributed by atoms with Gasteiger partial charge < -0.3 is 10.1 Å². The SMILES string of the molecule is COc1ccc(F)cc1Cn1cc(CNC2CC2)nn1. The van der Waals surface area contributed by atoms with Gasteiger partial charge in [0.2, 0.25) is 0 Å². The summed E-state index contributed by atoms with van der Waals surface area (Å²) < 4.78 is 20.2. The number of rotatable bonds is 6. The molecule has 3 rings (SSSR count). The molecule has 0 bridgehead atoms. The van der Waals surface area contributed by atoms with Crippen LogP contribution in [0, 0.1) is 5.82 Å². The van der Waals surface area contributed by atoms with Crippen molar-refractivity contribution in [1.82, 2.24) is 20.3 Å². The van der Waals surface area contributed by atoms with Crippen LogP contribution in [-0.4, -0.2) is 28.1 Å². The number of benzene rings is 1. The Morgan fingerprint density at radius 1 is 1.45 bits per heavy atom. The topological polar surface area (TPSA) is 52.0 Å². The average Bonchev–Trinajstić information content (AvgIpc) is 3.17. The van der Waals surface area contributed by atoms with Gasteiger partial charge in [-0.25, -0.2) is 9.07 Å². The number of nitrogens with one attached hydrogen (secondary N) is 1. The van der Waals surface area contributed by atoms with E-state index in [1.165, 1.54) is 25.0 Å². The predicted octanol–water partition coefficient (Wildman–Crippen LogP) is 1.73. The molecule has 1 fully saturated rings. The van der Waals surface area contributed by atoms with E-state index in [0.717, 1.165) is 17.8 Å². The molecule has 0 amide bonds. The van der Waals surface area contributed by atoms with Gasteiger partial charge in [-0.15, -0.1) is 5.10 Å². The second-order valence-electron chi connectivity index (χ2n) is 5.02. The van der Waals surface area contributed by atoms with Crippen molar-refractivity contribution < 1.29 is 9.13 Å². The molecule has 0 atom stereocenters. The van der Waals surface area contributed by atoms with E-state index in [1.807, 2.05) is 6.20 Å². The fourth-order valence-electron chi connectivity index (χ4n) is 2.08. The molecule has 0 radical (unpaired) electrons. The van der Waals surface area contributed by atoms with Crippen molar-refractivity contribution in [3.8, 4) is 5.75 Å². The van der Waals surface area contributed by atoms with Crippen molar-refractivity contribution in [3.63, 3.8) is 0 Å². The predicted molar refractivity (Wildman–Crippen MR) is 71.9 cm³/mol. The first-order chi connectivity index (χ1) is 9.74. The van der Waals surface area contributed by atoms with Crippen LogP contribution >= 0.6 is 0 Å². The van der Waals surface area contributed by atoms with Crippen LogP contribution in [0.4, 0.5) is 4.39 Å². The first kappa shape index (κ1) is 13.1. The molecule has 106 valence electrons. The smallest absolute Gasteiger partial charge is 0.124 e. The number of aromatic nitrogens is 3. The van der Waals surface area contributed by atoms with Crippen LogP contribution in [0.5, 0.6) is 5.75 Å². The van der Waals surface area contributed by atoms with Gasteiger partial charge in [-0.05, 0) is 31.0 Å². The Kier molecular flexibility index (Phi) is 3.64. The third-order valence-corrected chi connectivity index (χ3v) is 3.31. The molecular formula is C14H17FN4O. The minimum absolute atomic E-state index is 0.281. The Hall–Kier alpha value is -1.95. The summed E-state index contributed by atoms with van der Waals surface area (Å²) in [7, 11) is 1.57. The third-order valence-electron chi connectivity index (χ3n) is 3.31. The second kappa shape index (κ2) is 5.58. The Morgan fingerprint density at radius 2 is 2.30 bits per heavy atom. The van der Waals surface area contributed by atoms with Crippen molar-refractivity contribution in [1.29, 1.82) is 0 Å². The molecule has 5 nitrogen and oxygen atoms in total. The van der Waals surface area contributed by atoms with Crippen LogP contribution in [0.3, 0.4) is 0 Å². The molecule has 6 heteroatoms. The van der Waals surface area contributed by atoms with E-state index in [2.05, 4.69) is 15.6 Å². The van der Waals surface area contributed by atoms with E-state index in [0.29, 0.717) is 18.3 Å². The van der Waals surface area contributed by atoms with E-state index in [1.54, 1.807) is 17.9 Å². The number of ether oxygens (including phenoxy) is 1. The highest BCUT2D eigenvalue weighted by Crippen LogP contribution is 2.21. The summed E-state index contributed by atoms with van der Waals surface area (Å²) in [5.74, 6) is 0.371. The van der Waals surface area contributed by atoms with E-state index in [9.17, 15) is 4.39 Å². The molecule has 20 heavy (non-hydrogen) atoms. The molecule has 1 N–H and O–H groups in total. The maximum atomic E-state index is 13.3. The minimum Gasteiger partial charge on any atom is -0.496 e. The van der Waals surface area contributed by atoms with Crippen LogP contribution < -0.4 is 10.1 Å². The highest BCUT2D eigenvalue weighted by molar-refractivity contribution is 5.34. The molecule has 0 unspecified atom stereocenters. The largest absolute Gasteiger partial charge is 0.496 e. The molecule has 1 aromatic heterocycles. The zero-order valence-electron chi connectivity index (χ0n) is 11.3. The molecule has 0 aliphatic heterocycles. The lowest BCUT2D eigenvalue weighted by molar-refractivity contribution is 0.405. The molecule has 1 saturated carbocycles. The average molecular weight is 276 g/mol. The standard InChI is InChI=1S/C14H17FN4O/c1-20-14-5-2-11(15)6-10(14)8-19-9-13(17-18-19)7-16-12-3-4-12/h2,5-6,9,12,16H,3-4,7-8H2,1H3. The van der Waals surface area contributed by atoms with Gasteiger partial charge >= 0.3 is 0 Å². The highest BCUT2D eigenvalue weighted by Gasteiger charge is 2.20. The minimum atomic E-state index is -0.281. The number of methoxy groups -OCH3 is 1. The van der Waals surface area contributed by atoms with Gasteiger partial charge in [0, 0.05) is 18.2 Å². The number of hydrogen-bond acceptors (Lipinski definition) is 4. The van der Waals surface area contributed by atoms with Crippen molar-refractivity contribution in [2.75, 3.05) is 7.11 Å². The van der Waals surface area contributed by atoms with Crippen LogP contribution in [-0.2, 0) is 13.1 Å². The van der Waals surface area contributed by atoms with Crippen LogP contribution in [0.1, 0.15) is 24.1 Å². The highest BCUT2D eigenvalue weighted by atomic mass is 19.1. The number of nitrogens with zero attached hydrogens (tertiary/aromatic N) is 3. The van der Waals surface area contributed by atoms with Gasteiger partial charge in [-0.2, -0.15) is 0 Å². The van der Waals surface area contributed by atoms with Crippen molar-refractivity contribution >= 4 is 0 Å². The molecule has 0 spiro atoms. The van der Waals surface area contributed by atoms with Crippen LogP contribution in [0.25, 0.3) is 0 Å². The van der Waals surface area contributed by atoms with Gasteiger partial charge in [-0.3, -0.25) is 0 Å². The zero-order chi connectivity index (χ0) is 13.9. The van der Waals surface area contributed by atoms with E-state index in [4.69, 9.17) is 4.74 Å². The summed E-state index contributed by atoms with van der Waals surface area (Å²) in [5, 5.41) is 11.6. The molecule has 1 aliphatic carbocycles. The van der Waals surface area contributed by atoms with Gasteiger partial charge in [0.05, 0.1) is 25.5 Å². The van der Waals surface area contributed by atoms with Crippen molar-refractivity contribution in [3.05, 3.63) is 41.5 Å².